The molecule has 0 heterocycles. The monoisotopic (exact) mass is 309 g/mol. The van der Waals surface area contributed by atoms with E-state index in [0.717, 1.165) is 19.4 Å². The maximum atomic E-state index is 11.2. The minimum Gasteiger partial charge on any atom is -0.462 e. The molecule has 0 radical (unpaired) electrons. The van der Waals surface area contributed by atoms with E-state index in [2.05, 4.69) is 19.6 Å². The van der Waals surface area contributed by atoms with Crippen molar-refractivity contribution in [3.05, 3.63) is 0 Å². The summed E-state index contributed by atoms with van der Waals surface area (Å²) in [4.78, 5) is 11.2. The molecule has 20 heavy (non-hydrogen) atoms. The molecule has 0 aliphatic carbocycles. The molecule has 0 bridgehead atoms. The van der Waals surface area contributed by atoms with Gasteiger partial charge in [0.2, 0.25) is 0 Å². The van der Waals surface area contributed by atoms with Gasteiger partial charge in [0.1, 0.15) is 12.6 Å². The summed E-state index contributed by atoms with van der Waals surface area (Å²) in [5, 5.41) is 0. The van der Waals surface area contributed by atoms with Gasteiger partial charge < -0.3 is 24.7 Å². The van der Waals surface area contributed by atoms with Crippen molar-refractivity contribution in [2.75, 3.05) is 52.0 Å². The molecule has 2 N–H and O–H groups in total. The lowest BCUT2D eigenvalue weighted by atomic mass is 10.4. The Morgan fingerprint density at radius 2 is 1.50 bits per heavy atom. The van der Waals surface area contributed by atoms with Gasteiger partial charge in [-0.25, -0.2) is 0 Å². The lowest BCUT2D eigenvalue weighted by Crippen LogP contribution is -2.34. The van der Waals surface area contributed by atoms with Crippen LogP contribution in [0.4, 0.5) is 0 Å². The fraction of sp³-hybridized carbons (Fsp3) is 0.923. The molecule has 7 heteroatoms. The number of unbranched alkanes of at least 4 members (excludes halogenated alkanes) is 1. The first kappa shape index (κ1) is 19.7. The molecule has 0 aromatic rings. The Hall–Kier alpha value is -0.340. The van der Waals surface area contributed by atoms with Crippen molar-refractivity contribution >= 4 is 18.6 Å². The molecular formula is C13H27NO5S. The van der Waals surface area contributed by atoms with Gasteiger partial charge in [0, 0.05) is 12.4 Å². The largest absolute Gasteiger partial charge is 0.462 e. The molecule has 0 saturated carbocycles. The first-order valence-electron chi connectivity index (χ1n) is 6.98. The molecule has 0 spiro atoms. The molecule has 0 rings (SSSR count). The number of hydrogen-bond acceptors (Lipinski definition) is 7. The Morgan fingerprint density at radius 1 is 1.00 bits per heavy atom. The minimum atomic E-state index is -0.672. The lowest BCUT2D eigenvalue weighted by molar-refractivity contribution is -0.146. The van der Waals surface area contributed by atoms with Crippen molar-refractivity contribution in [3.63, 3.8) is 0 Å². The molecular weight excluding hydrogens is 282 g/mol. The van der Waals surface area contributed by atoms with E-state index in [1.807, 2.05) is 0 Å². The predicted molar refractivity (Wildman–Crippen MR) is 80.2 cm³/mol. The van der Waals surface area contributed by atoms with Crippen molar-refractivity contribution in [1.82, 2.24) is 0 Å². The predicted octanol–water partition coefficient (Wildman–Crippen LogP) is 0.637. The summed E-state index contributed by atoms with van der Waals surface area (Å²) in [6.07, 6.45) is 2.22. The van der Waals surface area contributed by atoms with Crippen LogP contribution in [-0.4, -0.2) is 64.0 Å². The standard InChI is InChI=1S/C13H27NO5S/c1-2-3-4-16-5-6-17-7-8-18-9-10-19-13(15)12(14)11-20/h12,20H,2-11,14H2,1H3. The third-order valence-corrected chi connectivity index (χ3v) is 2.75. The van der Waals surface area contributed by atoms with E-state index in [4.69, 9.17) is 24.7 Å². The average molecular weight is 309 g/mol. The van der Waals surface area contributed by atoms with Crippen LogP contribution >= 0.6 is 12.6 Å². The molecule has 0 aliphatic heterocycles. The number of esters is 1. The maximum absolute atomic E-state index is 11.2. The average Bonchev–Trinajstić information content (AvgIpc) is 2.47. The van der Waals surface area contributed by atoms with Crippen molar-refractivity contribution < 1.29 is 23.7 Å². The van der Waals surface area contributed by atoms with Gasteiger partial charge in [-0.2, -0.15) is 12.6 Å². The number of hydrogen-bond donors (Lipinski definition) is 2. The second-order valence-electron chi connectivity index (χ2n) is 4.15. The molecule has 6 nitrogen and oxygen atoms in total. The number of carbonyl (C=O) groups is 1. The van der Waals surface area contributed by atoms with Crippen LogP contribution in [0.5, 0.6) is 0 Å². The molecule has 1 unspecified atom stereocenters. The van der Waals surface area contributed by atoms with Crippen LogP contribution in [0.15, 0.2) is 0 Å². The smallest absolute Gasteiger partial charge is 0.323 e. The van der Waals surface area contributed by atoms with Crippen LogP contribution in [0.3, 0.4) is 0 Å². The van der Waals surface area contributed by atoms with Crippen molar-refractivity contribution in [3.8, 4) is 0 Å². The normalized spacial score (nSPS) is 12.3. The first-order chi connectivity index (χ1) is 9.72. The summed E-state index contributed by atoms with van der Waals surface area (Å²) in [7, 11) is 0. The Morgan fingerprint density at radius 3 is 2.00 bits per heavy atom. The Balaban J connectivity index is 3.11. The van der Waals surface area contributed by atoms with Gasteiger partial charge in [-0.15, -0.1) is 0 Å². The SMILES string of the molecule is CCCCOCCOCCOCCOC(=O)C(N)CS. The number of ether oxygens (including phenoxy) is 4. The lowest BCUT2D eigenvalue weighted by Gasteiger charge is -2.09. The zero-order chi connectivity index (χ0) is 15.1. The highest BCUT2D eigenvalue weighted by Gasteiger charge is 2.11. The van der Waals surface area contributed by atoms with Crippen molar-refractivity contribution in [2.24, 2.45) is 5.73 Å². The van der Waals surface area contributed by atoms with E-state index in [-0.39, 0.29) is 12.4 Å². The van der Waals surface area contributed by atoms with Gasteiger partial charge in [0.25, 0.3) is 0 Å². The van der Waals surface area contributed by atoms with Crippen LogP contribution in [0.1, 0.15) is 19.8 Å². The molecule has 1 atom stereocenters. The molecule has 0 saturated heterocycles. The molecule has 0 amide bonds. The third-order valence-electron chi connectivity index (χ3n) is 2.36. The molecule has 0 aromatic heterocycles. The molecule has 0 fully saturated rings. The van der Waals surface area contributed by atoms with E-state index in [0.29, 0.717) is 33.0 Å². The highest BCUT2D eigenvalue weighted by molar-refractivity contribution is 7.80. The minimum absolute atomic E-state index is 0.195. The fourth-order valence-electron chi connectivity index (χ4n) is 1.17. The first-order valence-corrected chi connectivity index (χ1v) is 7.62. The molecule has 0 aliphatic rings. The Bertz CT molecular complexity index is 231. The summed E-state index contributed by atoms with van der Waals surface area (Å²) < 4.78 is 20.8. The zero-order valence-corrected chi connectivity index (χ0v) is 13.1. The number of carbonyl (C=O) groups excluding carboxylic acids is 1. The number of rotatable bonds is 14. The summed E-state index contributed by atoms with van der Waals surface area (Å²) >= 11 is 3.91. The van der Waals surface area contributed by atoms with Crippen LogP contribution in [0, 0.1) is 0 Å². The van der Waals surface area contributed by atoms with Crippen LogP contribution in [0.2, 0.25) is 0 Å². The van der Waals surface area contributed by atoms with Gasteiger partial charge in [-0.3, -0.25) is 4.79 Å². The molecule has 120 valence electrons. The Labute approximate surface area is 126 Å². The number of nitrogens with two attached hydrogens (primary N) is 1. The molecule has 0 aromatic carbocycles. The zero-order valence-electron chi connectivity index (χ0n) is 12.2. The summed E-state index contributed by atoms with van der Waals surface area (Å²) in [6, 6.07) is -0.672. The third kappa shape index (κ3) is 12.7. The highest BCUT2D eigenvalue weighted by Crippen LogP contribution is 1.90. The van der Waals surface area contributed by atoms with Crippen LogP contribution in [-0.2, 0) is 23.7 Å². The van der Waals surface area contributed by atoms with Crippen molar-refractivity contribution in [1.29, 1.82) is 0 Å². The van der Waals surface area contributed by atoms with Gasteiger partial charge in [-0.1, -0.05) is 13.3 Å². The van der Waals surface area contributed by atoms with Crippen LogP contribution in [0.25, 0.3) is 0 Å². The van der Waals surface area contributed by atoms with Gasteiger partial charge in [0.05, 0.1) is 33.0 Å². The topological polar surface area (TPSA) is 80.0 Å². The van der Waals surface area contributed by atoms with E-state index in [1.54, 1.807) is 0 Å². The van der Waals surface area contributed by atoms with Gasteiger partial charge in [0.15, 0.2) is 0 Å². The van der Waals surface area contributed by atoms with E-state index in [9.17, 15) is 4.79 Å². The summed E-state index contributed by atoms with van der Waals surface area (Å²) in [6.45, 7) is 5.59. The van der Waals surface area contributed by atoms with Gasteiger partial charge in [-0.05, 0) is 6.42 Å². The van der Waals surface area contributed by atoms with E-state index in [1.165, 1.54) is 0 Å². The second kappa shape index (κ2) is 15.1. The van der Waals surface area contributed by atoms with E-state index >= 15 is 0 Å². The summed E-state index contributed by atoms with van der Waals surface area (Å²) in [5.41, 5.74) is 5.43. The van der Waals surface area contributed by atoms with E-state index < -0.39 is 12.0 Å². The highest BCUT2D eigenvalue weighted by atomic mass is 32.1. The van der Waals surface area contributed by atoms with Gasteiger partial charge >= 0.3 is 5.97 Å². The second-order valence-corrected chi connectivity index (χ2v) is 4.51. The number of thiol groups is 1. The summed E-state index contributed by atoms with van der Waals surface area (Å²) in [5.74, 6) is -0.183. The Kier molecular flexibility index (Phi) is 14.8. The fourth-order valence-corrected chi connectivity index (χ4v) is 1.32. The maximum Gasteiger partial charge on any atom is 0.323 e. The van der Waals surface area contributed by atoms with Crippen LogP contribution < -0.4 is 5.73 Å². The van der Waals surface area contributed by atoms with Crippen molar-refractivity contribution in [2.45, 2.75) is 25.8 Å². The quantitative estimate of drug-likeness (QED) is 0.278.